The summed E-state index contributed by atoms with van der Waals surface area (Å²) in [7, 11) is 0. The molecule has 0 aromatic rings. The van der Waals surface area contributed by atoms with Gasteiger partial charge in [0.2, 0.25) is 0 Å². The first-order chi connectivity index (χ1) is 4.31. The fourth-order valence-corrected chi connectivity index (χ4v) is 0.642. The molecule has 1 atom stereocenters. The van der Waals surface area contributed by atoms with Gasteiger partial charge in [-0.1, -0.05) is 12.8 Å². The van der Waals surface area contributed by atoms with E-state index in [-0.39, 0.29) is 12.6 Å². The molecule has 0 aliphatic carbocycles. The summed E-state index contributed by atoms with van der Waals surface area (Å²) >= 11 is 0. The van der Waals surface area contributed by atoms with Gasteiger partial charge in [0.15, 0.2) is 0 Å². The minimum absolute atomic E-state index is 0.0449. The van der Waals surface area contributed by atoms with Gasteiger partial charge in [0, 0.05) is 6.04 Å². The van der Waals surface area contributed by atoms with Crippen LogP contribution in [-0.4, -0.2) is 17.8 Å². The average molecular weight is 129 g/mol. The number of rotatable bonds is 5. The lowest BCUT2D eigenvalue weighted by molar-refractivity contribution is 0.258. The fourth-order valence-electron chi connectivity index (χ4n) is 0.642. The molecule has 0 saturated heterocycles. The van der Waals surface area contributed by atoms with Gasteiger partial charge in [-0.15, -0.1) is 0 Å². The predicted molar refractivity (Wildman–Crippen MR) is 37.8 cm³/mol. The minimum Gasteiger partial charge on any atom is -0.395 e. The number of aliphatic hydroxyl groups excluding tert-OH is 1. The van der Waals surface area contributed by atoms with Crippen molar-refractivity contribution in [2.45, 2.75) is 31.7 Å². The zero-order valence-electron chi connectivity index (χ0n) is 5.71. The molecule has 54 valence electrons. The molecule has 0 spiro atoms. The number of nitrogens with two attached hydrogens (primary N) is 1. The highest BCUT2D eigenvalue weighted by molar-refractivity contribution is 4.58. The van der Waals surface area contributed by atoms with Gasteiger partial charge in [0.1, 0.15) is 0 Å². The second-order valence-electron chi connectivity index (χ2n) is 2.23. The second-order valence-corrected chi connectivity index (χ2v) is 2.23. The molecule has 0 rings (SSSR count). The Morgan fingerprint density at radius 2 is 2.11 bits per heavy atom. The van der Waals surface area contributed by atoms with Crippen molar-refractivity contribution < 1.29 is 5.11 Å². The lowest BCUT2D eigenvalue weighted by Crippen LogP contribution is -2.23. The molecule has 1 unspecified atom stereocenters. The Labute approximate surface area is 57.1 Å². The van der Waals surface area contributed by atoms with Crippen LogP contribution in [0.15, 0.2) is 0 Å². The molecule has 3 N–H and O–H groups in total. The molecule has 0 fully saturated rings. The van der Waals surface area contributed by atoms with Crippen LogP contribution in [0.1, 0.15) is 25.7 Å². The first kappa shape index (κ1) is 8.92. The maximum absolute atomic E-state index is 8.48. The van der Waals surface area contributed by atoms with Crippen molar-refractivity contribution in [1.29, 1.82) is 0 Å². The molecule has 0 aliphatic heterocycles. The van der Waals surface area contributed by atoms with Crippen LogP contribution in [0, 0.1) is 6.92 Å². The number of unbranched alkanes of at least 4 members (excludes halogenated alkanes) is 2. The quantitative estimate of drug-likeness (QED) is 0.533. The van der Waals surface area contributed by atoms with Crippen LogP contribution in [0.25, 0.3) is 0 Å². The smallest absolute Gasteiger partial charge is 0.0582 e. The molecule has 0 amide bonds. The van der Waals surface area contributed by atoms with Crippen molar-refractivity contribution >= 4 is 0 Å². The van der Waals surface area contributed by atoms with Crippen LogP contribution in [0.3, 0.4) is 0 Å². The van der Waals surface area contributed by atoms with E-state index >= 15 is 0 Å². The van der Waals surface area contributed by atoms with Crippen molar-refractivity contribution in [3.05, 3.63) is 6.92 Å². The molecule has 0 aliphatic rings. The van der Waals surface area contributed by atoms with Crippen molar-refractivity contribution in [2.75, 3.05) is 6.61 Å². The summed E-state index contributed by atoms with van der Waals surface area (Å²) in [6.07, 6.45) is 3.64. The maximum atomic E-state index is 8.48. The van der Waals surface area contributed by atoms with E-state index in [9.17, 15) is 0 Å². The SMILES string of the molecule is [CH]CCCCC(N)CO. The van der Waals surface area contributed by atoms with Crippen molar-refractivity contribution in [3.8, 4) is 0 Å². The van der Waals surface area contributed by atoms with Crippen LogP contribution < -0.4 is 5.73 Å². The van der Waals surface area contributed by atoms with E-state index in [2.05, 4.69) is 0 Å². The Hall–Kier alpha value is -0.0800. The van der Waals surface area contributed by atoms with E-state index in [1.54, 1.807) is 0 Å². The summed E-state index contributed by atoms with van der Waals surface area (Å²) in [5, 5.41) is 8.48. The number of hydrogen-bond acceptors (Lipinski definition) is 2. The Kier molecular flexibility index (Phi) is 5.99. The molecular weight excluding hydrogens is 114 g/mol. The van der Waals surface area contributed by atoms with Crippen LogP contribution >= 0.6 is 0 Å². The van der Waals surface area contributed by atoms with E-state index in [1.807, 2.05) is 0 Å². The summed E-state index contributed by atoms with van der Waals surface area (Å²) in [6.45, 7) is 5.34. The maximum Gasteiger partial charge on any atom is 0.0582 e. The van der Waals surface area contributed by atoms with Crippen LogP contribution in [-0.2, 0) is 0 Å². The topological polar surface area (TPSA) is 46.2 Å². The van der Waals surface area contributed by atoms with Gasteiger partial charge >= 0.3 is 0 Å². The molecule has 2 radical (unpaired) electrons. The molecule has 0 aromatic heterocycles. The Morgan fingerprint density at radius 1 is 1.44 bits per heavy atom. The van der Waals surface area contributed by atoms with E-state index < -0.39 is 0 Å². The van der Waals surface area contributed by atoms with Crippen molar-refractivity contribution in [2.24, 2.45) is 5.73 Å². The van der Waals surface area contributed by atoms with E-state index in [4.69, 9.17) is 17.8 Å². The minimum atomic E-state index is -0.0449. The molecule has 0 heterocycles. The van der Waals surface area contributed by atoms with E-state index in [0.29, 0.717) is 0 Å². The van der Waals surface area contributed by atoms with Gasteiger partial charge in [0.05, 0.1) is 6.61 Å². The van der Waals surface area contributed by atoms with E-state index in [1.165, 1.54) is 0 Å². The molecule has 0 saturated carbocycles. The molecule has 0 bridgehead atoms. The monoisotopic (exact) mass is 129 g/mol. The van der Waals surface area contributed by atoms with Gasteiger partial charge in [-0.05, 0) is 19.8 Å². The average Bonchev–Trinajstić information content (AvgIpc) is 1.89. The van der Waals surface area contributed by atoms with Crippen LogP contribution in [0.4, 0.5) is 0 Å². The molecule has 2 nitrogen and oxygen atoms in total. The largest absolute Gasteiger partial charge is 0.395 e. The standard InChI is InChI=1S/C7H15NO/c1-2-3-4-5-7(8)6-9/h1,7,9H,2-6,8H2. The third-order valence-electron chi connectivity index (χ3n) is 1.26. The highest BCUT2D eigenvalue weighted by Crippen LogP contribution is 2.00. The lowest BCUT2D eigenvalue weighted by atomic mass is 10.1. The van der Waals surface area contributed by atoms with Gasteiger partial charge in [-0.2, -0.15) is 0 Å². The summed E-state index contributed by atoms with van der Waals surface area (Å²) in [6, 6.07) is -0.0449. The van der Waals surface area contributed by atoms with Gasteiger partial charge in [-0.3, -0.25) is 0 Å². The van der Waals surface area contributed by atoms with Gasteiger partial charge < -0.3 is 10.8 Å². The fraction of sp³-hybridized carbons (Fsp3) is 0.857. The third-order valence-corrected chi connectivity index (χ3v) is 1.26. The Morgan fingerprint density at radius 3 is 2.56 bits per heavy atom. The lowest BCUT2D eigenvalue weighted by Gasteiger charge is -2.05. The summed E-state index contributed by atoms with van der Waals surface area (Å²) < 4.78 is 0. The van der Waals surface area contributed by atoms with Crippen molar-refractivity contribution in [1.82, 2.24) is 0 Å². The van der Waals surface area contributed by atoms with Crippen LogP contribution in [0.2, 0.25) is 0 Å². The zero-order chi connectivity index (χ0) is 7.11. The highest BCUT2D eigenvalue weighted by atomic mass is 16.3. The predicted octanol–water partition coefficient (Wildman–Crippen LogP) is 0.577. The zero-order valence-corrected chi connectivity index (χ0v) is 5.71. The molecule has 0 aromatic carbocycles. The van der Waals surface area contributed by atoms with Crippen molar-refractivity contribution in [3.63, 3.8) is 0 Å². The number of hydrogen-bond donors (Lipinski definition) is 2. The first-order valence-corrected chi connectivity index (χ1v) is 3.37. The first-order valence-electron chi connectivity index (χ1n) is 3.37. The van der Waals surface area contributed by atoms with Gasteiger partial charge in [0.25, 0.3) is 0 Å². The Bertz CT molecular complexity index is 56.9. The summed E-state index contributed by atoms with van der Waals surface area (Å²) in [5.41, 5.74) is 5.42. The Balaban J connectivity index is 2.88. The van der Waals surface area contributed by atoms with Gasteiger partial charge in [-0.25, -0.2) is 0 Å². The highest BCUT2D eigenvalue weighted by Gasteiger charge is 1.97. The molecular formula is C7H15NO. The summed E-state index contributed by atoms with van der Waals surface area (Å²) in [5.74, 6) is 0. The molecule has 2 heteroatoms. The molecule has 9 heavy (non-hydrogen) atoms. The third kappa shape index (κ3) is 5.80. The second kappa shape index (κ2) is 6.05. The van der Waals surface area contributed by atoms with Crippen LogP contribution in [0.5, 0.6) is 0 Å². The normalized spacial score (nSPS) is 13.7. The number of aliphatic hydroxyl groups is 1. The summed E-state index contributed by atoms with van der Waals surface area (Å²) in [4.78, 5) is 0. The van der Waals surface area contributed by atoms with E-state index in [0.717, 1.165) is 25.7 Å².